The molecule has 0 saturated heterocycles. The van der Waals surface area contributed by atoms with Crippen molar-refractivity contribution < 1.29 is 52.8 Å². The molecule has 0 amide bonds. The van der Waals surface area contributed by atoms with Crippen LogP contribution >= 0.6 is 0 Å². The van der Waals surface area contributed by atoms with Gasteiger partial charge in [-0.15, -0.1) is 0 Å². The van der Waals surface area contributed by atoms with Gasteiger partial charge in [0, 0.05) is 0 Å². The number of halogens is 9. The highest BCUT2D eigenvalue weighted by molar-refractivity contribution is 8.11. The summed E-state index contributed by atoms with van der Waals surface area (Å²) < 4.78 is 145. The van der Waals surface area contributed by atoms with Crippen LogP contribution in [0, 0.1) is 0 Å². The zero-order chi connectivity index (χ0) is 18.6. The van der Waals surface area contributed by atoms with Crippen LogP contribution in [-0.4, -0.2) is 36.6 Å². The fourth-order valence-corrected chi connectivity index (χ4v) is 2.94. The highest BCUT2D eigenvalue weighted by Gasteiger charge is 2.88. The van der Waals surface area contributed by atoms with Gasteiger partial charge in [-0.25, -0.2) is 4.21 Å². The minimum atomic E-state index is -8.14. The lowest BCUT2D eigenvalue weighted by Crippen LogP contribution is -2.68. The predicted molar refractivity (Wildman–Crippen MR) is 59.0 cm³/mol. The molecule has 3 nitrogen and oxygen atoms in total. The molecule has 0 atom stereocenters. The molecule has 134 valence electrons. The molecule has 2 N–H and O–H groups in total. The molecule has 0 aliphatic heterocycles. The van der Waals surface area contributed by atoms with E-state index in [0.29, 0.717) is 12.1 Å². The maximum atomic E-state index is 13.6. The smallest absolute Gasteiger partial charge is 0.300 e. The fraction of sp³-hybridized carbons (Fsp3) is 0.400. The van der Waals surface area contributed by atoms with Gasteiger partial charge in [-0.2, -0.15) is 39.5 Å². The number of benzene rings is 1. The van der Waals surface area contributed by atoms with Crippen LogP contribution in [0.15, 0.2) is 35.2 Å². The van der Waals surface area contributed by atoms with Gasteiger partial charge in [0.15, 0.2) is 9.63 Å². The summed E-state index contributed by atoms with van der Waals surface area (Å²) in [5.41, 5.74) is 0. The first-order valence-corrected chi connectivity index (χ1v) is 7.18. The number of hydrogen-bond donors (Lipinski definition) is 2. The van der Waals surface area contributed by atoms with Crippen molar-refractivity contribution in [2.24, 2.45) is 0 Å². The van der Waals surface area contributed by atoms with Crippen LogP contribution in [0.2, 0.25) is 0 Å². The van der Waals surface area contributed by atoms with Gasteiger partial charge in [-0.3, -0.25) is 9.11 Å². The van der Waals surface area contributed by atoms with Crippen LogP contribution in [-0.2, 0) is 9.63 Å². The fourth-order valence-electron chi connectivity index (χ4n) is 1.41. The van der Waals surface area contributed by atoms with E-state index in [2.05, 4.69) is 0 Å². The summed E-state index contributed by atoms with van der Waals surface area (Å²) in [6.45, 7) is 0. The molecule has 0 aliphatic carbocycles. The van der Waals surface area contributed by atoms with Crippen LogP contribution in [0.5, 0.6) is 0 Å². The molecule has 0 spiro atoms. The average Bonchev–Trinajstić information content (AvgIpc) is 2.37. The second-order valence-electron chi connectivity index (χ2n) is 4.34. The minimum Gasteiger partial charge on any atom is -0.300 e. The Kier molecular flexibility index (Phi) is 4.14. The monoisotopic (exact) mass is 378 g/mol. The molecule has 0 radical (unpaired) electrons. The molecule has 13 heteroatoms. The van der Waals surface area contributed by atoms with E-state index in [4.69, 9.17) is 9.11 Å². The Morgan fingerprint density at radius 3 is 1.48 bits per heavy atom. The molecule has 23 heavy (non-hydrogen) atoms. The average molecular weight is 378 g/mol. The first kappa shape index (κ1) is 19.7. The van der Waals surface area contributed by atoms with Gasteiger partial charge in [0.05, 0.1) is 4.90 Å². The summed E-state index contributed by atoms with van der Waals surface area (Å²) in [7, 11) is -8.14. The number of alkyl halides is 9. The van der Waals surface area contributed by atoms with E-state index >= 15 is 0 Å². The molecule has 0 aromatic heterocycles. The van der Waals surface area contributed by atoms with Crippen LogP contribution in [0.4, 0.5) is 39.5 Å². The summed E-state index contributed by atoms with van der Waals surface area (Å²) in [4.78, 5) is -1.85. The molecule has 0 bridgehead atoms. The summed E-state index contributed by atoms with van der Waals surface area (Å²) >= 11 is 0. The molecule has 0 saturated carbocycles. The topological polar surface area (TPSA) is 57.5 Å². The lowest BCUT2D eigenvalue weighted by Gasteiger charge is -2.43. The van der Waals surface area contributed by atoms with E-state index in [0.717, 1.165) is 6.07 Å². The van der Waals surface area contributed by atoms with Crippen molar-refractivity contribution in [2.45, 2.75) is 28.2 Å². The summed E-state index contributed by atoms with van der Waals surface area (Å²) in [6.07, 6.45) is -7.17. The Balaban J connectivity index is 3.66. The molecule has 0 fully saturated rings. The van der Waals surface area contributed by atoms with Crippen molar-refractivity contribution >= 4 is 9.63 Å². The molecule has 1 aromatic rings. The van der Waals surface area contributed by atoms with Crippen molar-refractivity contribution in [3.63, 3.8) is 0 Å². The maximum Gasteiger partial charge on any atom is 0.460 e. The van der Waals surface area contributed by atoms with Gasteiger partial charge in [0.1, 0.15) is 0 Å². The molecule has 0 aliphatic rings. The van der Waals surface area contributed by atoms with E-state index in [9.17, 15) is 43.7 Å². The van der Waals surface area contributed by atoms with Crippen LogP contribution in [0.25, 0.3) is 0 Å². The zero-order valence-corrected chi connectivity index (χ0v) is 11.3. The lowest BCUT2D eigenvalue weighted by molar-refractivity contribution is -0.383. The van der Waals surface area contributed by atoms with Gasteiger partial charge < -0.3 is 0 Å². The van der Waals surface area contributed by atoms with E-state index in [1.807, 2.05) is 0 Å². The van der Waals surface area contributed by atoms with Gasteiger partial charge in [0.25, 0.3) is 0 Å². The lowest BCUT2D eigenvalue weighted by atomic mass is 10.1. The Bertz CT molecular complexity index is 647. The highest BCUT2D eigenvalue weighted by atomic mass is 32.3. The predicted octanol–water partition coefficient (Wildman–Crippen LogP) is 4.24. The minimum absolute atomic E-state index is 0.185. The van der Waals surface area contributed by atoms with Crippen LogP contribution in [0.1, 0.15) is 0 Å². The van der Waals surface area contributed by atoms with Gasteiger partial charge >= 0.3 is 23.3 Å². The summed E-state index contributed by atoms with van der Waals surface area (Å²) in [6, 6.07) is 2.75. The number of rotatable bonds is 4. The van der Waals surface area contributed by atoms with Crippen molar-refractivity contribution in [1.82, 2.24) is 0 Å². The molecular formula is C10H7F9O3S. The van der Waals surface area contributed by atoms with E-state index in [1.165, 1.54) is 0 Å². The Hall–Kier alpha value is -1.34. The third-order valence-corrected chi connectivity index (χ3v) is 5.05. The summed E-state index contributed by atoms with van der Waals surface area (Å²) in [5, 5.41) is -7.06. The maximum absolute atomic E-state index is 13.6. The first-order valence-electron chi connectivity index (χ1n) is 5.30. The molecular weight excluding hydrogens is 371 g/mol. The normalized spacial score (nSPS) is 16.7. The standard InChI is InChI=1S/C10H7F9O3S/c11-7(12,9(15,16)17)8(13,14)10(18,19)23(20,21,22)6-4-2-1-3-5-6/h1-5H,(H2,20,21,22). The molecule has 1 rings (SSSR count). The van der Waals surface area contributed by atoms with E-state index < -0.39 is 37.8 Å². The van der Waals surface area contributed by atoms with Crippen molar-refractivity contribution in [3.8, 4) is 0 Å². The van der Waals surface area contributed by atoms with Gasteiger partial charge in [0.2, 0.25) is 0 Å². The zero-order valence-electron chi connectivity index (χ0n) is 10.5. The number of hydrogen-bond acceptors (Lipinski definition) is 1. The molecule has 0 unspecified atom stereocenters. The Morgan fingerprint density at radius 1 is 0.739 bits per heavy atom. The van der Waals surface area contributed by atoms with Crippen molar-refractivity contribution in [1.29, 1.82) is 0 Å². The summed E-state index contributed by atoms with van der Waals surface area (Å²) in [5.74, 6) is -14.8. The van der Waals surface area contributed by atoms with Crippen LogP contribution < -0.4 is 0 Å². The SMILES string of the molecule is O=S(O)(O)(c1ccccc1)C(F)(F)C(F)(F)C(F)(F)C(F)(F)F. The molecule has 1 aromatic carbocycles. The quantitative estimate of drug-likeness (QED) is 0.771. The molecule has 0 heterocycles. The van der Waals surface area contributed by atoms with Crippen molar-refractivity contribution in [2.75, 3.05) is 0 Å². The van der Waals surface area contributed by atoms with Crippen molar-refractivity contribution in [3.05, 3.63) is 30.3 Å². The van der Waals surface area contributed by atoms with Crippen LogP contribution in [0.3, 0.4) is 0 Å². The first-order chi connectivity index (χ1) is 9.89. The Labute approximate surface area is 122 Å². The third-order valence-electron chi connectivity index (χ3n) is 2.75. The largest absolute Gasteiger partial charge is 0.460 e. The van der Waals surface area contributed by atoms with Gasteiger partial charge in [-0.05, 0) is 12.1 Å². The highest BCUT2D eigenvalue weighted by Crippen LogP contribution is 2.60. The van der Waals surface area contributed by atoms with Gasteiger partial charge in [-0.1, -0.05) is 18.2 Å². The second-order valence-corrected chi connectivity index (χ2v) is 7.05. The van der Waals surface area contributed by atoms with E-state index in [1.54, 1.807) is 0 Å². The third kappa shape index (κ3) is 2.50. The van der Waals surface area contributed by atoms with E-state index in [-0.39, 0.29) is 12.1 Å². The second kappa shape index (κ2) is 4.83. The Morgan fingerprint density at radius 2 is 1.13 bits per heavy atom.